The van der Waals surface area contributed by atoms with E-state index >= 15 is 0 Å². The van der Waals surface area contributed by atoms with Gasteiger partial charge in [-0.15, -0.1) is 5.10 Å². The van der Waals surface area contributed by atoms with Gasteiger partial charge >= 0.3 is 0 Å². The number of ether oxygens (including phenoxy) is 1. The third-order valence-corrected chi connectivity index (χ3v) is 6.29. The minimum atomic E-state index is -0.368. The van der Waals surface area contributed by atoms with E-state index in [1.807, 2.05) is 63.2 Å². The number of tetrazole rings is 1. The Morgan fingerprint density at radius 3 is 2.45 bits per heavy atom. The molecule has 9 heteroatoms. The van der Waals surface area contributed by atoms with Crippen LogP contribution in [-0.2, 0) is 9.53 Å². The molecule has 2 heterocycles. The maximum atomic E-state index is 12.8. The fraction of sp³-hybridized carbons (Fsp3) is 0.364. The second kappa shape index (κ2) is 9.49. The van der Waals surface area contributed by atoms with Crippen LogP contribution in [0.15, 0.2) is 47.6 Å². The molecule has 31 heavy (non-hydrogen) atoms. The maximum Gasteiger partial charge on any atom is 0.237 e. The molecule has 1 aliphatic heterocycles. The summed E-state index contributed by atoms with van der Waals surface area (Å²) in [6, 6.07) is 14.0. The van der Waals surface area contributed by atoms with Crippen molar-refractivity contribution in [3.05, 3.63) is 53.6 Å². The highest BCUT2D eigenvalue weighted by atomic mass is 32.2. The topological polar surface area (TPSA) is 85.2 Å². The Labute approximate surface area is 186 Å². The van der Waals surface area contributed by atoms with Crippen LogP contribution in [0.5, 0.6) is 0 Å². The summed E-state index contributed by atoms with van der Waals surface area (Å²) >= 11 is 1.34. The summed E-state index contributed by atoms with van der Waals surface area (Å²) in [5.74, 6) is -0.0971. The van der Waals surface area contributed by atoms with E-state index in [1.54, 1.807) is 4.68 Å². The van der Waals surface area contributed by atoms with Crippen molar-refractivity contribution in [2.24, 2.45) is 0 Å². The molecule has 0 spiro atoms. The van der Waals surface area contributed by atoms with Crippen LogP contribution in [0.4, 0.5) is 11.4 Å². The fourth-order valence-corrected chi connectivity index (χ4v) is 4.36. The van der Waals surface area contributed by atoms with E-state index in [2.05, 4.69) is 25.7 Å². The molecule has 1 aromatic heterocycles. The van der Waals surface area contributed by atoms with Gasteiger partial charge in [0.15, 0.2) is 0 Å². The van der Waals surface area contributed by atoms with Crippen molar-refractivity contribution in [1.82, 2.24) is 20.2 Å². The molecule has 1 fully saturated rings. The summed E-state index contributed by atoms with van der Waals surface area (Å²) in [6.45, 7) is 9.16. The molecule has 1 N–H and O–H groups in total. The lowest BCUT2D eigenvalue weighted by molar-refractivity contribution is -0.115. The van der Waals surface area contributed by atoms with Gasteiger partial charge in [0.05, 0.1) is 24.2 Å². The first kappa shape index (κ1) is 21.3. The number of para-hydroxylation sites is 1. The molecule has 162 valence electrons. The van der Waals surface area contributed by atoms with Crippen molar-refractivity contribution in [2.75, 3.05) is 36.5 Å². The number of aromatic nitrogens is 4. The molecule has 0 radical (unpaired) electrons. The molecule has 0 saturated carbocycles. The highest BCUT2D eigenvalue weighted by Gasteiger charge is 2.21. The summed E-state index contributed by atoms with van der Waals surface area (Å²) in [7, 11) is 0. The molecule has 1 saturated heterocycles. The van der Waals surface area contributed by atoms with Crippen LogP contribution >= 0.6 is 11.8 Å². The van der Waals surface area contributed by atoms with Crippen LogP contribution in [0.2, 0.25) is 0 Å². The van der Waals surface area contributed by atoms with E-state index in [9.17, 15) is 4.79 Å². The van der Waals surface area contributed by atoms with Crippen molar-refractivity contribution in [1.29, 1.82) is 0 Å². The summed E-state index contributed by atoms with van der Waals surface area (Å²) in [4.78, 5) is 15.0. The average Bonchev–Trinajstić information content (AvgIpc) is 3.22. The van der Waals surface area contributed by atoms with Crippen molar-refractivity contribution in [3.8, 4) is 5.69 Å². The van der Waals surface area contributed by atoms with E-state index in [0.717, 1.165) is 54.5 Å². The second-order valence-corrected chi connectivity index (χ2v) is 8.82. The van der Waals surface area contributed by atoms with Crippen LogP contribution in [-0.4, -0.2) is 57.7 Å². The number of thioether (sulfide) groups is 1. The van der Waals surface area contributed by atoms with Crippen molar-refractivity contribution >= 4 is 29.0 Å². The molecule has 4 rings (SSSR count). The number of nitrogens with zero attached hydrogens (tertiary/aromatic N) is 5. The average molecular weight is 439 g/mol. The Morgan fingerprint density at radius 2 is 1.77 bits per heavy atom. The Balaban J connectivity index is 1.41. The zero-order valence-corrected chi connectivity index (χ0v) is 18.7. The van der Waals surface area contributed by atoms with Crippen LogP contribution in [0.1, 0.15) is 18.1 Å². The number of amides is 1. The third kappa shape index (κ3) is 4.88. The third-order valence-electron chi connectivity index (χ3n) is 5.25. The molecule has 0 bridgehead atoms. The number of carbonyl (C=O) groups is 1. The molecule has 1 aliphatic rings. The normalized spacial score (nSPS) is 15.0. The van der Waals surface area contributed by atoms with Gasteiger partial charge in [0.2, 0.25) is 11.1 Å². The summed E-state index contributed by atoms with van der Waals surface area (Å²) in [5.41, 5.74) is 5.00. The molecular formula is C22H26N6O2S. The number of morpholine rings is 1. The fourth-order valence-electron chi connectivity index (χ4n) is 3.57. The Bertz CT molecular complexity index is 1030. The van der Waals surface area contributed by atoms with Gasteiger partial charge in [-0.05, 0) is 66.6 Å². The minimum Gasteiger partial charge on any atom is -0.378 e. The number of carbonyl (C=O) groups excluding carboxylic acids is 1. The van der Waals surface area contributed by atoms with Gasteiger partial charge < -0.3 is 15.0 Å². The predicted molar refractivity (Wildman–Crippen MR) is 122 cm³/mol. The Kier molecular flexibility index (Phi) is 6.53. The maximum absolute atomic E-state index is 12.8. The lowest BCUT2D eigenvalue weighted by Crippen LogP contribution is -2.36. The van der Waals surface area contributed by atoms with Gasteiger partial charge in [0.25, 0.3) is 0 Å². The van der Waals surface area contributed by atoms with Gasteiger partial charge in [-0.1, -0.05) is 30.0 Å². The van der Waals surface area contributed by atoms with E-state index in [4.69, 9.17) is 4.74 Å². The molecule has 0 unspecified atom stereocenters. The number of aryl methyl sites for hydroxylation is 2. The Hall–Kier alpha value is -2.91. The van der Waals surface area contributed by atoms with Gasteiger partial charge in [-0.3, -0.25) is 4.79 Å². The number of hydrogen-bond acceptors (Lipinski definition) is 7. The molecule has 8 nitrogen and oxygen atoms in total. The molecule has 1 atom stereocenters. The number of nitrogens with one attached hydrogen (secondary N) is 1. The number of anilines is 2. The summed E-state index contributed by atoms with van der Waals surface area (Å²) in [5, 5.41) is 15.3. The highest BCUT2D eigenvalue weighted by Crippen LogP contribution is 2.27. The largest absolute Gasteiger partial charge is 0.378 e. The second-order valence-electron chi connectivity index (χ2n) is 7.51. The number of benzene rings is 2. The molecular weight excluding hydrogens is 412 g/mol. The van der Waals surface area contributed by atoms with Gasteiger partial charge in [0, 0.05) is 24.5 Å². The van der Waals surface area contributed by atoms with E-state index in [1.165, 1.54) is 11.8 Å². The summed E-state index contributed by atoms with van der Waals surface area (Å²) in [6.07, 6.45) is 0. The van der Waals surface area contributed by atoms with E-state index < -0.39 is 0 Å². The van der Waals surface area contributed by atoms with Crippen LogP contribution in [0.3, 0.4) is 0 Å². The first-order valence-electron chi connectivity index (χ1n) is 10.3. The quantitative estimate of drug-likeness (QED) is 0.592. The zero-order valence-electron chi connectivity index (χ0n) is 17.9. The predicted octanol–water partition coefficient (Wildman–Crippen LogP) is 3.24. The molecule has 2 aromatic carbocycles. The first-order valence-corrected chi connectivity index (χ1v) is 11.2. The smallest absolute Gasteiger partial charge is 0.237 e. The van der Waals surface area contributed by atoms with Crippen LogP contribution < -0.4 is 10.2 Å². The van der Waals surface area contributed by atoms with Crippen molar-refractivity contribution in [3.63, 3.8) is 0 Å². The van der Waals surface area contributed by atoms with Crippen LogP contribution in [0, 0.1) is 13.8 Å². The lowest BCUT2D eigenvalue weighted by atomic mass is 10.1. The lowest BCUT2D eigenvalue weighted by Gasteiger charge is -2.28. The van der Waals surface area contributed by atoms with Crippen molar-refractivity contribution < 1.29 is 9.53 Å². The Morgan fingerprint density at radius 1 is 1.10 bits per heavy atom. The standard InChI is InChI=1S/C22H26N6O2S/c1-15-5-4-6-16(2)20(15)28-22(24-25-26-28)31-17(3)21(29)23-18-7-9-19(10-8-18)27-11-13-30-14-12-27/h4-10,17H,11-14H2,1-3H3,(H,23,29)/t17-/m0/s1. The van der Waals surface area contributed by atoms with Gasteiger partial charge in [-0.25, -0.2) is 0 Å². The molecule has 1 amide bonds. The first-order chi connectivity index (χ1) is 15.0. The number of hydrogen-bond donors (Lipinski definition) is 1. The number of rotatable bonds is 6. The van der Waals surface area contributed by atoms with Crippen molar-refractivity contribution in [2.45, 2.75) is 31.2 Å². The van der Waals surface area contributed by atoms with E-state index in [0.29, 0.717) is 5.16 Å². The molecule has 3 aromatic rings. The molecule has 0 aliphatic carbocycles. The summed E-state index contributed by atoms with van der Waals surface area (Å²) < 4.78 is 7.10. The zero-order chi connectivity index (χ0) is 21.8. The van der Waals surface area contributed by atoms with Crippen LogP contribution in [0.25, 0.3) is 5.69 Å². The van der Waals surface area contributed by atoms with Gasteiger partial charge in [0.1, 0.15) is 0 Å². The minimum absolute atomic E-state index is 0.0971. The monoisotopic (exact) mass is 438 g/mol. The van der Waals surface area contributed by atoms with E-state index in [-0.39, 0.29) is 11.2 Å². The van der Waals surface area contributed by atoms with Gasteiger partial charge in [-0.2, -0.15) is 4.68 Å². The highest BCUT2D eigenvalue weighted by molar-refractivity contribution is 8.00. The SMILES string of the molecule is Cc1cccc(C)c1-n1nnnc1S[C@@H](C)C(=O)Nc1ccc(N2CCOCC2)cc1.